The van der Waals surface area contributed by atoms with E-state index in [9.17, 15) is 14.4 Å². The van der Waals surface area contributed by atoms with Crippen LogP contribution in [0.2, 0.25) is 0 Å². The smallest absolute Gasteiger partial charge is 0.365 e. The van der Waals surface area contributed by atoms with Crippen LogP contribution in [0.3, 0.4) is 0 Å². The van der Waals surface area contributed by atoms with Crippen LogP contribution in [0.25, 0.3) is 0 Å². The Bertz CT molecular complexity index is 442. The number of rotatable bonds is 14. The summed E-state index contributed by atoms with van der Waals surface area (Å²) < 4.78 is 9.46. The molecule has 13 nitrogen and oxygen atoms in total. The summed E-state index contributed by atoms with van der Waals surface area (Å²) in [5.74, 6) is -0.726. The molecule has 210 valence electrons. The first kappa shape index (κ1) is 46.8. The van der Waals surface area contributed by atoms with Crippen LogP contribution in [-0.2, 0) is 23.9 Å². The standard InChI is InChI=1S/C10H20N2O6S2.C4H8O2S.C2H6O2.CH4.ClH.H2O/c11-7(9(15)17-3-1-13)5-19-20-6-8(12)10(16)18-4-2-14;1-3(2-7)4(5)6;3-1-2-4;;;/h7-8,13-14H,1-6,11-12H2;3,7H,2H2,1H3,(H,5,6);3-4H,1-2H2;1H4;1H;1H2/p+2. The van der Waals surface area contributed by atoms with E-state index in [-0.39, 0.29) is 70.9 Å². The second-order valence-electron chi connectivity index (χ2n) is 5.61. The Labute approximate surface area is 219 Å². The van der Waals surface area contributed by atoms with E-state index in [4.69, 9.17) is 35.0 Å². The van der Waals surface area contributed by atoms with Crippen molar-refractivity contribution in [2.24, 2.45) is 5.92 Å². The number of carboxylic acids is 1. The van der Waals surface area contributed by atoms with Gasteiger partial charge in [0.25, 0.3) is 0 Å². The van der Waals surface area contributed by atoms with E-state index >= 15 is 0 Å². The van der Waals surface area contributed by atoms with Gasteiger partial charge in [-0.2, -0.15) is 12.6 Å². The van der Waals surface area contributed by atoms with E-state index in [1.54, 1.807) is 6.92 Å². The Morgan fingerprint density at radius 3 is 1.35 bits per heavy atom. The largest absolute Gasteiger partial charge is 0.481 e. The molecule has 0 rings (SSSR count). The molecule has 0 heterocycles. The Balaban J connectivity index is -0.000000118. The molecular weight excluding hydrogens is 540 g/mol. The molecule has 0 saturated heterocycles. The van der Waals surface area contributed by atoms with Crippen molar-refractivity contribution in [1.29, 1.82) is 0 Å². The third kappa shape index (κ3) is 33.6. The number of aliphatic hydroxyl groups excluding tert-OH is 4. The van der Waals surface area contributed by atoms with Crippen molar-refractivity contribution in [3.8, 4) is 0 Å². The Morgan fingerprint density at radius 1 is 0.853 bits per heavy atom. The van der Waals surface area contributed by atoms with Crippen molar-refractivity contribution >= 4 is 64.5 Å². The number of halogens is 1. The van der Waals surface area contributed by atoms with Crippen molar-refractivity contribution in [2.75, 3.05) is 56.9 Å². The maximum Gasteiger partial charge on any atom is 0.365 e. The Kier molecular flexibility index (Phi) is 47.6. The van der Waals surface area contributed by atoms with Gasteiger partial charge in [0, 0.05) is 5.75 Å². The average Bonchev–Trinajstić information content (AvgIpc) is 2.77. The van der Waals surface area contributed by atoms with Gasteiger partial charge in [0.1, 0.15) is 13.2 Å². The van der Waals surface area contributed by atoms with Gasteiger partial charge in [-0.15, -0.1) is 12.4 Å². The monoisotopic (exact) mass is 582 g/mol. The predicted molar refractivity (Wildman–Crippen MR) is 137 cm³/mol. The Morgan fingerprint density at radius 2 is 1.18 bits per heavy atom. The lowest BCUT2D eigenvalue weighted by Gasteiger charge is -2.09. The van der Waals surface area contributed by atoms with Gasteiger partial charge in [-0.3, -0.25) is 4.79 Å². The van der Waals surface area contributed by atoms with Crippen molar-refractivity contribution in [3.05, 3.63) is 0 Å². The third-order valence-corrected chi connectivity index (χ3v) is 5.86. The molecule has 0 aromatic rings. The topological polar surface area (TPSA) is 258 Å². The van der Waals surface area contributed by atoms with Gasteiger partial charge in [-0.1, -0.05) is 35.9 Å². The summed E-state index contributed by atoms with van der Waals surface area (Å²) in [6.45, 7) is 0.898. The second kappa shape index (κ2) is 34.6. The molecule has 3 unspecified atom stereocenters. The van der Waals surface area contributed by atoms with Crippen LogP contribution >= 0.6 is 46.6 Å². The van der Waals surface area contributed by atoms with Crippen LogP contribution in [0, 0.1) is 5.92 Å². The highest BCUT2D eigenvalue weighted by Gasteiger charge is 2.21. The molecule has 13 N–H and O–H groups in total. The van der Waals surface area contributed by atoms with Crippen molar-refractivity contribution in [3.63, 3.8) is 0 Å². The predicted octanol–water partition coefficient (Wildman–Crippen LogP) is -3.50. The van der Waals surface area contributed by atoms with Crippen LogP contribution in [-0.4, -0.2) is 118 Å². The normalized spacial score (nSPS) is 11.6. The third-order valence-electron chi connectivity index (χ3n) is 2.76. The van der Waals surface area contributed by atoms with Gasteiger partial charge < -0.3 is 51.9 Å². The van der Waals surface area contributed by atoms with Gasteiger partial charge in [-0.05, 0) is 0 Å². The zero-order chi connectivity index (χ0) is 24.7. The summed E-state index contributed by atoms with van der Waals surface area (Å²) >= 11 is 3.77. The summed E-state index contributed by atoms with van der Waals surface area (Å²) in [5.41, 5.74) is 7.32. The first-order valence-electron chi connectivity index (χ1n) is 9.13. The SMILES string of the molecule is C.CC(CS)C(=O)O.Cl.O.OCCO.[NH3+]C(CSSCC([NH3+])C(=O)OCCO)C(=O)OCCO. The van der Waals surface area contributed by atoms with Crippen molar-refractivity contribution < 1.29 is 66.3 Å². The lowest BCUT2D eigenvalue weighted by molar-refractivity contribution is -0.401. The highest BCUT2D eigenvalue weighted by atomic mass is 35.5. The number of aliphatic carboxylic acids is 1. The van der Waals surface area contributed by atoms with Crippen LogP contribution < -0.4 is 11.5 Å². The number of hydrogen-bond acceptors (Lipinski definition) is 12. The maximum atomic E-state index is 11.3. The molecule has 0 radical (unpaired) electrons. The molecule has 0 fully saturated rings. The summed E-state index contributed by atoms with van der Waals surface area (Å²) in [6, 6.07) is -1.05. The number of carbonyl (C=O) groups excluding carboxylic acids is 2. The number of ether oxygens (including phenoxy) is 2. The quantitative estimate of drug-likeness (QED) is 0.0429. The second-order valence-corrected chi connectivity index (χ2v) is 8.53. The zero-order valence-electron chi connectivity index (χ0n) is 18.5. The lowest BCUT2D eigenvalue weighted by Crippen LogP contribution is -2.67. The van der Waals surface area contributed by atoms with Crippen LogP contribution in [0.4, 0.5) is 0 Å². The van der Waals surface area contributed by atoms with E-state index in [2.05, 4.69) is 24.1 Å². The van der Waals surface area contributed by atoms with E-state index in [1.165, 1.54) is 21.6 Å². The summed E-state index contributed by atoms with van der Waals surface area (Å²) in [7, 11) is 2.77. The molecule has 3 atom stereocenters. The molecule has 0 aliphatic carbocycles. The first-order chi connectivity index (χ1) is 14.6. The molecule has 0 aliphatic rings. The highest BCUT2D eigenvalue weighted by Crippen LogP contribution is 2.21. The fourth-order valence-corrected chi connectivity index (χ4v) is 3.52. The van der Waals surface area contributed by atoms with Gasteiger partial charge in [-0.25, -0.2) is 9.59 Å². The van der Waals surface area contributed by atoms with E-state index in [0.29, 0.717) is 17.3 Å². The molecular formula is C17H43ClN2O11S3+2. The summed E-state index contributed by atoms with van der Waals surface area (Å²) in [6.07, 6.45) is 0. The highest BCUT2D eigenvalue weighted by molar-refractivity contribution is 8.76. The number of aliphatic hydroxyl groups is 4. The number of carbonyl (C=O) groups is 3. The number of esters is 2. The molecule has 0 bridgehead atoms. The average molecular weight is 583 g/mol. The van der Waals surface area contributed by atoms with E-state index in [0.717, 1.165) is 0 Å². The van der Waals surface area contributed by atoms with Crippen LogP contribution in [0.5, 0.6) is 0 Å². The number of quaternary nitrogens is 2. The summed E-state index contributed by atoms with van der Waals surface area (Å²) in [4.78, 5) is 32.5. The minimum absolute atomic E-state index is 0. The van der Waals surface area contributed by atoms with Gasteiger partial charge in [0.2, 0.25) is 0 Å². The first-order valence-corrected chi connectivity index (χ1v) is 12.3. The van der Waals surface area contributed by atoms with E-state index in [1.807, 2.05) is 0 Å². The molecule has 0 spiro atoms. The zero-order valence-corrected chi connectivity index (χ0v) is 21.8. The van der Waals surface area contributed by atoms with Gasteiger partial charge >= 0.3 is 17.9 Å². The molecule has 34 heavy (non-hydrogen) atoms. The Hall–Kier alpha value is -0.530. The van der Waals surface area contributed by atoms with Gasteiger partial charge in [0.15, 0.2) is 12.1 Å². The van der Waals surface area contributed by atoms with Gasteiger partial charge in [0.05, 0.1) is 43.9 Å². The number of carboxylic acid groups (broad SMARTS) is 1. The lowest BCUT2D eigenvalue weighted by atomic mass is 10.2. The number of thiol groups is 1. The van der Waals surface area contributed by atoms with E-state index < -0.39 is 30.0 Å². The van der Waals surface area contributed by atoms with Crippen molar-refractivity contribution in [1.82, 2.24) is 0 Å². The molecule has 0 aromatic heterocycles. The molecule has 0 aliphatic heterocycles. The maximum absolute atomic E-state index is 11.3. The van der Waals surface area contributed by atoms with Crippen LogP contribution in [0.15, 0.2) is 0 Å². The molecule has 0 amide bonds. The fourth-order valence-electron chi connectivity index (χ4n) is 1.00. The van der Waals surface area contributed by atoms with Crippen molar-refractivity contribution in [2.45, 2.75) is 26.4 Å². The molecule has 0 saturated carbocycles. The fraction of sp³-hybridized carbons (Fsp3) is 0.824. The molecule has 17 heteroatoms. The summed E-state index contributed by atoms with van der Waals surface area (Å²) in [5, 5.41) is 40.4. The number of hydrogen-bond donors (Lipinski definition) is 8. The van der Waals surface area contributed by atoms with Crippen LogP contribution in [0.1, 0.15) is 14.4 Å². The minimum Gasteiger partial charge on any atom is -0.481 e. The minimum atomic E-state index is -0.782. The molecule has 0 aromatic carbocycles.